The van der Waals surface area contributed by atoms with Gasteiger partial charge in [0.25, 0.3) is 0 Å². The van der Waals surface area contributed by atoms with Crippen molar-refractivity contribution in [2.24, 2.45) is 11.7 Å². The Hall–Kier alpha value is -0.900. The molecule has 0 aromatic rings. The van der Waals surface area contributed by atoms with E-state index in [-0.39, 0.29) is 17.9 Å². The van der Waals surface area contributed by atoms with E-state index in [9.17, 15) is 9.59 Å². The molecule has 1 fully saturated rings. The van der Waals surface area contributed by atoms with Crippen LogP contribution in [0.5, 0.6) is 0 Å². The van der Waals surface area contributed by atoms with Crippen LogP contribution in [0.25, 0.3) is 0 Å². The Balaban J connectivity index is 2.63. The molecule has 2 N–H and O–H groups in total. The van der Waals surface area contributed by atoms with Crippen LogP contribution in [-0.4, -0.2) is 35.7 Å². The number of carbonyl (C=O) groups excluding carboxylic acids is 2. The lowest BCUT2D eigenvalue weighted by Gasteiger charge is -2.26. The van der Waals surface area contributed by atoms with Crippen LogP contribution in [0.4, 0.5) is 0 Å². The first kappa shape index (κ1) is 12.2. The van der Waals surface area contributed by atoms with Gasteiger partial charge in [-0.15, -0.1) is 0 Å². The maximum Gasteiger partial charge on any atom is 0.240 e. The van der Waals surface area contributed by atoms with Crippen LogP contribution in [0.3, 0.4) is 0 Å². The molecule has 15 heavy (non-hydrogen) atoms. The van der Waals surface area contributed by atoms with Crippen LogP contribution in [0.1, 0.15) is 33.1 Å². The van der Waals surface area contributed by atoms with Gasteiger partial charge in [-0.1, -0.05) is 20.3 Å². The Kier molecular flexibility index (Phi) is 4.27. The van der Waals surface area contributed by atoms with Gasteiger partial charge in [-0.25, -0.2) is 0 Å². The van der Waals surface area contributed by atoms with E-state index in [0.717, 1.165) is 19.3 Å². The Morgan fingerprint density at radius 1 is 1.67 bits per heavy atom. The van der Waals surface area contributed by atoms with Crippen molar-refractivity contribution in [3.8, 4) is 0 Å². The van der Waals surface area contributed by atoms with E-state index < -0.39 is 6.04 Å². The summed E-state index contributed by atoms with van der Waals surface area (Å²) in [5.41, 5.74) is 5.85. The molecule has 0 aromatic heterocycles. The van der Waals surface area contributed by atoms with Crippen molar-refractivity contribution in [3.05, 3.63) is 0 Å². The number of hydrogen-bond donors (Lipinski definition) is 1. The fraction of sp³-hybridized carbons (Fsp3) is 0.818. The van der Waals surface area contributed by atoms with Crippen LogP contribution < -0.4 is 5.73 Å². The van der Waals surface area contributed by atoms with Crippen LogP contribution in [-0.2, 0) is 9.59 Å². The number of nitrogens with two attached hydrogens (primary N) is 1. The Bertz CT molecular complexity index is 243. The van der Waals surface area contributed by atoms with Gasteiger partial charge in [-0.3, -0.25) is 9.59 Å². The summed E-state index contributed by atoms with van der Waals surface area (Å²) in [5.74, 6) is 0.0561. The molecule has 1 rings (SSSR count). The zero-order valence-corrected chi connectivity index (χ0v) is 9.40. The predicted octanol–water partition coefficient (Wildman–Crippen LogP) is 0.460. The molecule has 1 saturated heterocycles. The number of amides is 1. The Morgan fingerprint density at radius 3 is 2.87 bits per heavy atom. The standard InChI is InChI=1S/C11H19N2O2/c1-3-8(2)10(12)11(15)13-6-4-5-9(13)7-14/h8-10H,3-6,12H2,1-2H3. The highest BCUT2D eigenvalue weighted by Crippen LogP contribution is 2.18. The second-order valence-corrected chi connectivity index (χ2v) is 4.22. The Morgan fingerprint density at radius 2 is 2.33 bits per heavy atom. The number of likely N-dealkylation sites (tertiary alicyclic amines) is 1. The number of hydrogen-bond acceptors (Lipinski definition) is 3. The lowest BCUT2D eigenvalue weighted by Crippen LogP contribution is -2.49. The number of rotatable bonds is 4. The third-order valence-electron chi connectivity index (χ3n) is 3.21. The minimum Gasteiger partial charge on any atom is -0.331 e. The molecule has 1 aliphatic rings. The number of nitrogens with zero attached hydrogens (tertiary/aromatic N) is 1. The molecule has 1 amide bonds. The quantitative estimate of drug-likeness (QED) is 0.734. The first-order valence-corrected chi connectivity index (χ1v) is 5.55. The van der Waals surface area contributed by atoms with Crippen molar-refractivity contribution in [3.63, 3.8) is 0 Å². The van der Waals surface area contributed by atoms with Crippen LogP contribution in [0.15, 0.2) is 0 Å². The topological polar surface area (TPSA) is 63.4 Å². The molecule has 1 aliphatic heterocycles. The van der Waals surface area contributed by atoms with Crippen LogP contribution >= 0.6 is 0 Å². The highest BCUT2D eigenvalue weighted by Gasteiger charge is 2.33. The van der Waals surface area contributed by atoms with Gasteiger partial charge in [-0.2, -0.15) is 0 Å². The van der Waals surface area contributed by atoms with Crippen LogP contribution in [0, 0.1) is 5.92 Å². The molecule has 0 aromatic carbocycles. The van der Waals surface area contributed by atoms with Crippen molar-refractivity contribution in [1.29, 1.82) is 0 Å². The second kappa shape index (κ2) is 5.26. The lowest BCUT2D eigenvalue weighted by molar-refractivity contribution is -0.133. The van der Waals surface area contributed by atoms with Gasteiger partial charge in [0.15, 0.2) is 0 Å². The molecule has 4 nitrogen and oxygen atoms in total. The van der Waals surface area contributed by atoms with Crippen molar-refractivity contribution >= 4 is 12.2 Å². The normalized spacial score (nSPS) is 25.0. The van der Waals surface area contributed by atoms with E-state index in [1.807, 2.05) is 20.1 Å². The maximum absolute atomic E-state index is 11.9. The second-order valence-electron chi connectivity index (χ2n) is 4.22. The molecule has 85 valence electrons. The molecule has 3 atom stereocenters. The van der Waals surface area contributed by atoms with Gasteiger partial charge in [0.05, 0.1) is 12.1 Å². The van der Waals surface area contributed by atoms with Crippen molar-refractivity contribution < 1.29 is 9.59 Å². The van der Waals surface area contributed by atoms with Crippen molar-refractivity contribution in [1.82, 2.24) is 4.90 Å². The minimum absolute atomic E-state index is 0.102. The molecule has 3 unspecified atom stereocenters. The Labute approximate surface area is 90.8 Å². The summed E-state index contributed by atoms with van der Waals surface area (Å²) >= 11 is 0. The summed E-state index contributed by atoms with van der Waals surface area (Å²) in [5, 5.41) is 0. The minimum atomic E-state index is -0.482. The fourth-order valence-electron chi connectivity index (χ4n) is 1.84. The molecule has 4 heteroatoms. The molecule has 0 aliphatic carbocycles. The summed E-state index contributed by atoms with van der Waals surface area (Å²) in [6, 6.07) is -0.850. The number of carbonyl (C=O) groups is 1. The average Bonchev–Trinajstić information content (AvgIpc) is 2.73. The summed E-state index contributed by atoms with van der Waals surface area (Å²) in [7, 11) is 0. The van der Waals surface area contributed by atoms with E-state index in [1.165, 1.54) is 0 Å². The monoisotopic (exact) mass is 211 g/mol. The van der Waals surface area contributed by atoms with E-state index in [0.29, 0.717) is 6.54 Å². The summed E-state index contributed by atoms with van der Waals surface area (Å²) in [6.07, 6.45) is 4.38. The summed E-state index contributed by atoms with van der Waals surface area (Å²) in [4.78, 5) is 24.1. The van der Waals surface area contributed by atoms with Gasteiger partial charge in [-0.05, 0) is 18.8 Å². The van der Waals surface area contributed by atoms with Gasteiger partial charge in [0.2, 0.25) is 12.2 Å². The van der Waals surface area contributed by atoms with E-state index in [1.54, 1.807) is 4.90 Å². The third-order valence-corrected chi connectivity index (χ3v) is 3.21. The molecule has 0 spiro atoms. The van der Waals surface area contributed by atoms with Crippen molar-refractivity contribution in [2.45, 2.75) is 45.2 Å². The maximum atomic E-state index is 11.9. The average molecular weight is 211 g/mol. The SMILES string of the molecule is CCC(C)C(N)C(=O)N1CCCC1[C]=O. The predicted molar refractivity (Wildman–Crippen MR) is 57.9 cm³/mol. The molecule has 1 heterocycles. The first-order chi connectivity index (χ1) is 7.11. The molecular formula is C11H19N2O2. The lowest BCUT2D eigenvalue weighted by atomic mass is 9.99. The fourth-order valence-corrected chi connectivity index (χ4v) is 1.84. The summed E-state index contributed by atoms with van der Waals surface area (Å²) < 4.78 is 0. The zero-order chi connectivity index (χ0) is 11.4. The largest absolute Gasteiger partial charge is 0.331 e. The zero-order valence-electron chi connectivity index (χ0n) is 9.40. The van der Waals surface area contributed by atoms with Crippen LogP contribution in [0.2, 0.25) is 0 Å². The first-order valence-electron chi connectivity index (χ1n) is 5.55. The highest BCUT2D eigenvalue weighted by molar-refractivity contribution is 5.85. The smallest absolute Gasteiger partial charge is 0.240 e. The third kappa shape index (κ3) is 2.56. The van der Waals surface area contributed by atoms with E-state index in [4.69, 9.17) is 5.73 Å². The molecule has 0 saturated carbocycles. The van der Waals surface area contributed by atoms with Crippen molar-refractivity contribution in [2.75, 3.05) is 6.54 Å². The van der Waals surface area contributed by atoms with Gasteiger partial charge in [0.1, 0.15) is 0 Å². The van der Waals surface area contributed by atoms with E-state index >= 15 is 0 Å². The van der Waals surface area contributed by atoms with E-state index in [2.05, 4.69) is 0 Å². The van der Waals surface area contributed by atoms with Gasteiger partial charge >= 0.3 is 0 Å². The molecule has 0 bridgehead atoms. The highest BCUT2D eigenvalue weighted by atomic mass is 16.2. The summed E-state index contributed by atoms with van der Waals surface area (Å²) in [6.45, 7) is 4.60. The molecular weight excluding hydrogens is 192 g/mol. The molecule has 1 radical (unpaired) electrons. The van der Waals surface area contributed by atoms with Gasteiger partial charge in [0, 0.05) is 6.54 Å². The van der Waals surface area contributed by atoms with Gasteiger partial charge < -0.3 is 10.6 Å².